The van der Waals surface area contributed by atoms with Crippen molar-refractivity contribution in [3.05, 3.63) is 29.8 Å². The lowest BCUT2D eigenvalue weighted by Crippen LogP contribution is -3.01. The average Bonchev–Trinajstić information content (AvgIpc) is 2.43. The molecule has 20 heavy (non-hydrogen) atoms. The van der Waals surface area contributed by atoms with E-state index in [9.17, 15) is 4.79 Å². The van der Waals surface area contributed by atoms with E-state index in [1.807, 2.05) is 26.0 Å². The van der Waals surface area contributed by atoms with Crippen LogP contribution in [0.5, 0.6) is 0 Å². The maximum atomic E-state index is 11.7. The molecule has 4 nitrogen and oxygen atoms in total. The first-order valence-corrected chi connectivity index (χ1v) is 7.40. The lowest BCUT2D eigenvalue weighted by molar-refractivity contribution is -1.19. The van der Waals surface area contributed by atoms with Crippen molar-refractivity contribution in [3.63, 3.8) is 0 Å². The maximum absolute atomic E-state index is 11.7. The fourth-order valence-corrected chi connectivity index (χ4v) is 2.41. The lowest BCUT2D eigenvalue weighted by atomic mass is 9.83. The van der Waals surface area contributed by atoms with Gasteiger partial charge in [-0.3, -0.25) is 4.79 Å². The zero-order valence-electron chi connectivity index (χ0n) is 11.5. The summed E-state index contributed by atoms with van der Waals surface area (Å²) in [4.78, 5) is 10.7. The molecule has 0 aliphatic carbocycles. The third-order valence-electron chi connectivity index (χ3n) is 3.63. The van der Waals surface area contributed by atoms with Crippen molar-refractivity contribution in [2.24, 2.45) is 5.92 Å². The Kier molecular flexibility index (Phi) is 6.92. The normalized spacial score (nSPS) is 14.6. The van der Waals surface area contributed by atoms with Crippen molar-refractivity contribution in [1.82, 2.24) is 0 Å². The molecule has 0 aliphatic heterocycles. The first kappa shape index (κ1) is 17.4. The summed E-state index contributed by atoms with van der Waals surface area (Å²) in [5, 5.41) is 17.3. The van der Waals surface area contributed by atoms with E-state index in [1.54, 1.807) is 12.1 Å². The highest BCUT2D eigenvalue weighted by Gasteiger charge is 2.23. The highest BCUT2D eigenvalue weighted by Crippen LogP contribution is 2.30. The summed E-state index contributed by atoms with van der Waals surface area (Å²) in [5.74, 6) is 0.149. The van der Waals surface area contributed by atoms with Crippen LogP contribution in [0.3, 0.4) is 0 Å². The van der Waals surface area contributed by atoms with Gasteiger partial charge in [-0.25, -0.2) is 0 Å². The molecule has 112 valence electrons. The van der Waals surface area contributed by atoms with Crippen molar-refractivity contribution >= 4 is 34.7 Å². The summed E-state index contributed by atoms with van der Waals surface area (Å²) in [6.45, 7) is 4.06. The highest BCUT2D eigenvalue weighted by atomic mass is 35.5. The molecule has 1 aromatic rings. The molecular weight excluding hydrogens is 301 g/mol. The van der Waals surface area contributed by atoms with E-state index in [0.29, 0.717) is 12.1 Å². The van der Waals surface area contributed by atoms with Gasteiger partial charge in [0.2, 0.25) is 0 Å². The number of carbonyl (C=O) groups excluding carboxylic acids is 1. The number of Topliss-reactive ketones (excluding diaryl/α,β-unsaturated/α-hetero) is 1. The molecule has 0 fully saturated rings. The third-order valence-corrected chi connectivity index (χ3v) is 4.12. The van der Waals surface area contributed by atoms with Crippen LogP contribution in [0.4, 0.5) is 5.69 Å². The van der Waals surface area contributed by atoms with E-state index in [0.717, 1.165) is 12.0 Å². The van der Waals surface area contributed by atoms with Crippen LogP contribution in [0.15, 0.2) is 24.3 Å². The number of hydrogen-bond donors (Lipinski definition) is 3. The number of nitrogens with one attached hydrogen (secondary N) is 1. The molecule has 0 saturated carbocycles. The molecule has 0 unspecified atom stereocenters. The zero-order valence-corrected chi connectivity index (χ0v) is 13.0. The molecule has 3 N–H and O–H groups in total. The van der Waals surface area contributed by atoms with Crippen LogP contribution >= 0.6 is 23.2 Å². The van der Waals surface area contributed by atoms with E-state index in [2.05, 4.69) is 0 Å². The Morgan fingerprint density at radius 3 is 2.20 bits per heavy atom. The van der Waals surface area contributed by atoms with Gasteiger partial charge >= 0.3 is 0 Å². The Bertz CT molecular complexity index is 435. The molecule has 0 aromatic heterocycles. The molecule has 0 amide bonds. The monoisotopic (exact) mass is 320 g/mol. The van der Waals surface area contributed by atoms with E-state index in [-0.39, 0.29) is 17.6 Å². The molecule has 0 spiro atoms. The number of alkyl halides is 2. The lowest BCUT2D eigenvalue weighted by Gasteiger charge is -2.23. The molecule has 0 bridgehead atoms. The Morgan fingerprint density at radius 2 is 1.80 bits per heavy atom. The SMILES string of the molecule is CC[C@@H](CC(=O)C(Cl)Cl)[C@H](C)c1ccc([NH+](O)O)cc1. The summed E-state index contributed by atoms with van der Waals surface area (Å²) in [5.41, 5.74) is 1.40. The Labute approximate surface area is 128 Å². The van der Waals surface area contributed by atoms with Gasteiger partial charge in [-0.2, -0.15) is 10.4 Å². The largest absolute Gasteiger partial charge is 0.297 e. The number of benzene rings is 1. The van der Waals surface area contributed by atoms with Crippen LogP contribution in [-0.4, -0.2) is 21.0 Å². The smallest absolute Gasteiger partial charge is 0.197 e. The Balaban J connectivity index is 2.80. The Hall–Kier alpha value is -0.650. The van der Waals surface area contributed by atoms with Crippen molar-refractivity contribution in [2.75, 3.05) is 0 Å². The van der Waals surface area contributed by atoms with E-state index < -0.39 is 10.1 Å². The molecule has 0 heterocycles. The number of halogens is 2. The third kappa shape index (κ3) is 4.72. The predicted octanol–water partition coefficient (Wildman–Crippen LogP) is 2.87. The predicted molar refractivity (Wildman–Crippen MR) is 78.0 cm³/mol. The van der Waals surface area contributed by atoms with Gasteiger partial charge in [-0.05, 0) is 22.6 Å². The molecule has 2 atom stereocenters. The summed E-state index contributed by atoms with van der Waals surface area (Å²) in [7, 11) is 0. The zero-order chi connectivity index (χ0) is 15.3. The minimum Gasteiger partial charge on any atom is -0.297 e. The highest BCUT2D eigenvalue weighted by molar-refractivity contribution is 6.53. The number of ketones is 1. The maximum Gasteiger partial charge on any atom is 0.197 e. The first-order valence-electron chi connectivity index (χ1n) is 6.52. The second kappa shape index (κ2) is 7.96. The molecule has 0 saturated heterocycles. The molecule has 0 radical (unpaired) electrons. The molecule has 1 aromatic carbocycles. The number of rotatable bonds is 7. The van der Waals surface area contributed by atoms with E-state index >= 15 is 0 Å². The average molecular weight is 321 g/mol. The van der Waals surface area contributed by atoms with Crippen LogP contribution in [0.25, 0.3) is 0 Å². The fraction of sp³-hybridized carbons (Fsp3) is 0.500. The van der Waals surface area contributed by atoms with Gasteiger partial charge in [0, 0.05) is 18.6 Å². The molecule has 6 heteroatoms. The number of hydrogen-bond acceptors (Lipinski definition) is 3. The van der Waals surface area contributed by atoms with Gasteiger partial charge in [0.05, 0.1) is 0 Å². The van der Waals surface area contributed by atoms with Gasteiger partial charge in [0.25, 0.3) is 0 Å². The van der Waals surface area contributed by atoms with E-state index in [4.69, 9.17) is 33.6 Å². The van der Waals surface area contributed by atoms with Gasteiger partial charge in [-0.15, -0.1) is 0 Å². The Morgan fingerprint density at radius 1 is 1.25 bits per heavy atom. The van der Waals surface area contributed by atoms with Crippen molar-refractivity contribution in [3.8, 4) is 0 Å². The van der Waals surface area contributed by atoms with Gasteiger partial charge < -0.3 is 0 Å². The van der Waals surface area contributed by atoms with Crippen LogP contribution in [0, 0.1) is 5.92 Å². The summed E-state index contributed by atoms with van der Waals surface area (Å²) < 4.78 is 0. The molecule has 0 aliphatic rings. The standard InChI is InChI=1S/C14H19Cl2NO3/c1-3-10(8-13(18)14(15)16)9(2)11-4-6-12(7-5-11)17(19)20/h4-7,9-10,14,19-20H,3,8H2,1-2H3/p+1/t9-,10-/m0/s1. The van der Waals surface area contributed by atoms with Crippen LogP contribution in [-0.2, 0) is 4.79 Å². The van der Waals surface area contributed by atoms with Gasteiger partial charge in [0.1, 0.15) is 0 Å². The first-order chi connectivity index (χ1) is 9.36. The van der Waals surface area contributed by atoms with Crippen LogP contribution < -0.4 is 5.23 Å². The summed E-state index contributed by atoms with van der Waals surface area (Å²) in [6, 6.07) is 6.94. The quantitative estimate of drug-likeness (QED) is 0.534. The van der Waals surface area contributed by atoms with Crippen LogP contribution in [0.2, 0.25) is 0 Å². The molecule has 1 rings (SSSR count). The van der Waals surface area contributed by atoms with Crippen molar-refractivity contribution in [1.29, 1.82) is 0 Å². The second-order valence-corrected chi connectivity index (χ2v) is 5.97. The van der Waals surface area contributed by atoms with Crippen molar-refractivity contribution < 1.29 is 20.4 Å². The van der Waals surface area contributed by atoms with Gasteiger partial charge in [0.15, 0.2) is 16.3 Å². The number of quaternary nitrogens is 1. The molecular formula is C14H20Cl2NO3+. The fourth-order valence-electron chi connectivity index (χ4n) is 2.23. The van der Waals surface area contributed by atoms with E-state index in [1.165, 1.54) is 0 Å². The number of carbonyl (C=O) groups is 1. The van der Waals surface area contributed by atoms with Gasteiger partial charge in [-0.1, -0.05) is 55.6 Å². The topological polar surface area (TPSA) is 62.0 Å². The summed E-state index contributed by atoms with van der Waals surface area (Å²) in [6.07, 6.45) is 1.18. The van der Waals surface area contributed by atoms with Crippen molar-refractivity contribution in [2.45, 2.75) is 37.4 Å². The van der Waals surface area contributed by atoms with Crippen LogP contribution in [0.1, 0.15) is 38.2 Å². The summed E-state index contributed by atoms with van der Waals surface area (Å²) >= 11 is 11.2. The second-order valence-electron chi connectivity index (χ2n) is 4.87. The minimum absolute atomic E-state index is 0.153. The minimum atomic E-state index is -0.973.